The summed E-state index contributed by atoms with van der Waals surface area (Å²) >= 11 is 14.9. The maximum absolute atomic E-state index is 6.44. The molecule has 0 radical (unpaired) electrons. The average molecular weight is 699 g/mol. The summed E-state index contributed by atoms with van der Waals surface area (Å²) in [5.41, 5.74) is 9.66. The number of rotatable bonds is 2. The van der Waals surface area contributed by atoms with E-state index in [4.69, 9.17) is 8.83 Å². The van der Waals surface area contributed by atoms with Crippen molar-refractivity contribution in [3.63, 3.8) is 0 Å². The van der Waals surface area contributed by atoms with Crippen molar-refractivity contribution in [2.24, 2.45) is 0 Å². The van der Waals surface area contributed by atoms with Gasteiger partial charge in [-0.05, 0) is 75.0 Å². The lowest BCUT2D eigenvalue weighted by Crippen LogP contribution is -2.06. The largest absolute Gasteiger partial charge is 0.454 e. The lowest BCUT2D eigenvalue weighted by atomic mass is 9.88. The first-order valence-electron chi connectivity index (χ1n) is 11.3. The Kier molecular flexibility index (Phi) is 5.39. The summed E-state index contributed by atoms with van der Waals surface area (Å²) in [6.45, 7) is 4.22. The molecule has 0 fully saturated rings. The van der Waals surface area contributed by atoms with Crippen molar-refractivity contribution in [1.29, 1.82) is 0 Å². The van der Waals surface area contributed by atoms with E-state index in [9.17, 15) is 0 Å². The predicted octanol–water partition coefficient (Wildman–Crippen LogP) is 10.1. The molecular weight excluding hydrogens is 683 g/mol. The van der Waals surface area contributed by atoms with E-state index in [1.54, 1.807) is 22.7 Å². The third kappa shape index (κ3) is 3.38. The molecule has 4 aromatic heterocycles. The lowest BCUT2D eigenvalue weighted by Gasteiger charge is -2.05. The highest BCUT2D eigenvalue weighted by Crippen LogP contribution is 2.51. The number of hydrogen-bond donors (Lipinski definition) is 0. The van der Waals surface area contributed by atoms with E-state index in [1.807, 2.05) is 0 Å². The zero-order chi connectivity index (χ0) is 24.9. The first-order valence-corrected chi connectivity index (χ1v) is 15.3. The van der Waals surface area contributed by atoms with Gasteiger partial charge in [-0.25, -0.2) is 0 Å². The van der Waals surface area contributed by atoms with Crippen LogP contribution < -0.4 is 5.46 Å². The molecule has 8 heteroatoms. The minimum Gasteiger partial charge on any atom is -0.454 e. The number of furan rings is 2. The third-order valence-corrected chi connectivity index (χ3v) is 11.8. The molecule has 0 atom stereocenters. The lowest BCUT2D eigenvalue weighted by molar-refractivity contribution is 0.663. The van der Waals surface area contributed by atoms with Crippen LogP contribution in [0.15, 0.2) is 70.8 Å². The summed E-state index contributed by atoms with van der Waals surface area (Å²) in [5, 5.41) is 2.16. The smallest absolute Gasteiger partial charge is 0.161 e. The molecule has 7 rings (SSSR count). The molecule has 176 valence electrons. The number of hydrogen-bond acceptors (Lipinski definition) is 4. The second-order valence-electron chi connectivity index (χ2n) is 9.16. The zero-order valence-corrected chi connectivity index (χ0v) is 25.8. The summed E-state index contributed by atoms with van der Waals surface area (Å²) in [6, 6.07) is 17.3. The minimum atomic E-state index is 0.874. The Labute approximate surface area is 241 Å². The van der Waals surface area contributed by atoms with Gasteiger partial charge in [0.2, 0.25) is 0 Å². The molecule has 0 saturated heterocycles. The van der Waals surface area contributed by atoms with Gasteiger partial charge in [0.15, 0.2) is 11.2 Å². The highest BCUT2D eigenvalue weighted by molar-refractivity contribution is 9.11. The van der Waals surface area contributed by atoms with Crippen molar-refractivity contribution >= 4 is 126 Å². The quantitative estimate of drug-likeness (QED) is 0.168. The Morgan fingerprint density at radius 1 is 0.667 bits per heavy atom. The Balaban J connectivity index is 1.43. The van der Waals surface area contributed by atoms with Crippen LogP contribution in [0.5, 0.6) is 0 Å². The van der Waals surface area contributed by atoms with Gasteiger partial charge in [0.05, 0.1) is 28.1 Å². The SMILES string of the molecule is Bc1cc(C)ccc1-c1sc2c(oc3cc4c(cc32)oc2c(Br)c(-c3ccc(C)cc3Br)sc24)c1Br. The maximum Gasteiger partial charge on any atom is 0.161 e. The molecule has 0 aliphatic carbocycles. The van der Waals surface area contributed by atoms with Crippen LogP contribution >= 0.6 is 70.5 Å². The van der Waals surface area contributed by atoms with Crippen LogP contribution in [0.1, 0.15) is 11.1 Å². The molecule has 0 aliphatic rings. The van der Waals surface area contributed by atoms with Crippen molar-refractivity contribution < 1.29 is 8.83 Å². The van der Waals surface area contributed by atoms with Gasteiger partial charge < -0.3 is 8.83 Å². The van der Waals surface area contributed by atoms with Gasteiger partial charge in [-0.1, -0.05) is 57.3 Å². The highest BCUT2D eigenvalue weighted by atomic mass is 79.9. The molecule has 0 saturated carbocycles. The fraction of sp³-hybridized carbons (Fsp3) is 0.0714. The summed E-state index contributed by atoms with van der Waals surface area (Å²) < 4.78 is 18.2. The van der Waals surface area contributed by atoms with Crippen LogP contribution in [0, 0.1) is 13.8 Å². The molecule has 0 N–H and O–H groups in total. The Morgan fingerprint density at radius 3 is 1.69 bits per heavy atom. The van der Waals surface area contributed by atoms with Gasteiger partial charge in [0, 0.05) is 20.8 Å². The van der Waals surface area contributed by atoms with Gasteiger partial charge in [0.1, 0.15) is 19.0 Å². The summed E-state index contributed by atoms with van der Waals surface area (Å²) in [4.78, 5) is 2.35. The van der Waals surface area contributed by atoms with E-state index >= 15 is 0 Å². The van der Waals surface area contributed by atoms with Crippen molar-refractivity contribution in [2.75, 3.05) is 0 Å². The standard InChI is InChI=1S/C28H16BBr3O2S2/c1-11-3-5-13(17(29)7-11)25-21(31)23-27(35-25)15-9-20-16(10-19(15)33-23)28-24(34-20)22(32)26(36-28)14-6-4-12(2)8-18(14)30/h3-10H,29H2,1-2H3. The fourth-order valence-corrected chi connectivity index (χ4v) is 9.82. The van der Waals surface area contributed by atoms with Crippen LogP contribution in [-0.2, 0) is 0 Å². The molecule has 0 unspecified atom stereocenters. The average Bonchev–Trinajstić information content (AvgIpc) is 3.54. The third-order valence-electron chi connectivity index (χ3n) is 6.61. The van der Waals surface area contributed by atoms with Crippen molar-refractivity contribution in [1.82, 2.24) is 0 Å². The number of thiophene rings is 2. The zero-order valence-electron chi connectivity index (χ0n) is 19.4. The molecule has 0 aliphatic heterocycles. The molecule has 3 aromatic carbocycles. The molecule has 0 spiro atoms. The first kappa shape index (κ1) is 23.3. The molecule has 0 amide bonds. The Morgan fingerprint density at radius 2 is 1.17 bits per heavy atom. The molecule has 2 nitrogen and oxygen atoms in total. The Bertz CT molecular complexity index is 1880. The molecule has 36 heavy (non-hydrogen) atoms. The highest BCUT2D eigenvalue weighted by Gasteiger charge is 2.24. The minimum absolute atomic E-state index is 0.874. The normalized spacial score (nSPS) is 12.1. The fourth-order valence-electron chi connectivity index (χ4n) is 4.85. The van der Waals surface area contributed by atoms with Crippen LogP contribution in [0.4, 0.5) is 0 Å². The van der Waals surface area contributed by atoms with Crippen molar-refractivity contribution in [2.45, 2.75) is 13.8 Å². The van der Waals surface area contributed by atoms with Crippen molar-refractivity contribution in [3.05, 3.63) is 73.1 Å². The van der Waals surface area contributed by atoms with Crippen LogP contribution in [-0.4, -0.2) is 7.85 Å². The molecule has 4 heterocycles. The maximum atomic E-state index is 6.44. The summed E-state index contributed by atoms with van der Waals surface area (Å²) in [7, 11) is 2.16. The van der Waals surface area contributed by atoms with Gasteiger partial charge in [0.25, 0.3) is 0 Å². The van der Waals surface area contributed by atoms with E-state index in [-0.39, 0.29) is 0 Å². The number of halogens is 3. The second kappa shape index (κ2) is 8.33. The van der Waals surface area contributed by atoms with Gasteiger partial charge in [-0.3, -0.25) is 0 Å². The van der Waals surface area contributed by atoms with Crippen LogP contribution in [0.2, 0.25) is 0 Å². The van der Waals surface area contributed by atoms with E-state index in [1.165, 1.54) is 27.0 Å². The number of aryl methyl sites for hydroxylation is 2. The van der Waals surface area contributed by atoms with Crippen molar-refractivity contribution in [3.8, 4) is 20.9 Å². The van der Waals surface area contributed by atoms with E-state index in [0.717, 1.165) is 66.4 Å². The predicted molar refractivity (Wildman–Crippen MR) is 168 cm³/mol. The van der Waals surface area contributed by atoms with E-state index in [2.05, 4.69) is 118 Å². The topological polar surface area (TPSA) is 26.3 Å². The van der Waals surface area contributed by atoms with Crippen LogP contribution in [0.25, 0.3) is 63.4 Å². The number of benzene rings is 3. The summed E-state index contributed by atoms with van der Waals surface area (Å²) in [5.74, 6) is 0. The summed E-state index contributed by atoms with van der Waals surface area (Å²) in [6.07, 6.45) is 0. The second-order valence-corrected chi connectivity index (χ2v) is 13.6. The number of fused-ring (bicyclic) bond motifs is 6. The molecular formula is C28H16BBr3O2S2. The van der Waals surface area contributed by atoms with Gasteiger partial charge >= 0.3 is 0 Å². The Hall–Kier alpha value is -1.84. The van der Waals surface area contributed by atoms with E-state index in [0.29, 0.717) is 0 Å². The van der Waals surface area contributed by atoms with E-state index < -0.39 is 0 Å². The molecule has 7 aromatic rings. The molecule has 0 bridgehead atoms. The van der Waals surface area contributed by atoms with Gasteiger partial charge in [-0.15, -0.1) is 22.7 Å². The van der Waals surface area contributed by atoms with Gasteiger partial charge in [-0.2, -0.15) is 0 Å². The first-order chi connectivity index (χ1) is 17.3. The monoisotopic (exact) mass is 696 g/mol. The van der Waals surface area contributed by atoms with Crippen LogP contribution in [0.3, 0.4) is 0 Å².